The van der Waals surface area contributed by atoms with Gasteiger partial charge >= 0.3 is 0 Å². The van der Waals surface area contributed by atoms with Crippen molar-refractivity contribution >= 4 is 119 Å². The minimum atomic E-state index is -1.83. The van der Waals surface area contributed by atoms with Crippen molar-refractivity contribution in [1.29, 1.82) is 0 Å². The van der Waals surface area contributed by atoms with E-state index in [0.717, 1.165) is 99.6 Å². The highest BCUT2D eigenvalue weighted by molar-refractivity contribution is 6.90. The molecule has 12 aromatic rings. The van der Waals surface area contributed by atoms with Gasteiger partial charge in [-0.3, -0.25) is 0 Å². The predicted octanol–water partition coefficient (Wildman–Crippen LogP) is 20.7. The predicted molar refractivity (Wildman–Crippen MR) is 373 cm³/mol. The first kappa shape index (κ1) is 56.5. The smallest absolute Gasteiger partial charge is 0.147 e. The lowest BCUT2D eigenvalue weighted by Crippen LogP contribution is -2.37. The molecule has 12 aromatic carbocycles. The van der Waals surface area contributed by atoms with Crippen LogP contribution in [0.15, 0.2) is 231 Å². The van der Waals surface area contributed by atoms with Gasteiger partial charge in [-0.25, -0.2) is 8.78 Å². The maximum absolute atomic E-state index is 18.1. The largest absolute Gasteiger partial charge is 0.307 e. The molecule has 0 bridgehead atoms. The second-order valence-corrected chi connectivity index (χ2v) is 47.2. The molecule has 0 saturated carbocycles. The van der Waals surface area contributed by atoms with Gasteiger partial charge in [0.05, 0.1) is 55.0 Å². The summed E-state index contributed by atoms with van der Waals surface area (Å²) in [5.41, 5.74) is 12.1. The second kappa shape index (κ2) is 21.6. The Kier molecular flexibility index (Phi) is 14.5. The highest BCUT2D eigenvalue weighted by Crippen LogP contribution is 2.53. The van der Waals surface area contributed by atoms with Gasteiger partial charge in [0.25, 0.3) is 0 Å². The van der Waals surface area contributed by atoms with Crippen molar-refractivity contribution in [3.05, 3.63) is 242 Å². The second-order valence-electron chi connectivity index (χ2n) is 26.9. The lowest BCUT2D eigenvalue weighted by atomic mass is 9.89. The van der Waals surface area contributed by atoms with Crippen LogP contribution in [-0.2, 0) is 0 Å². The van der Waals surface area contributed by atoms with Crippen LogP contribution in [0.3, 0.4) is 0 Å². The van der Waals surface area contributed by atoms with Gasteiger partial charge < -0.3 is 9.80 Å². The van der Waals surface area contributed by atoms with E-state index in [1.165, 1.54) is 20.7 Å². The summed E-state index contributed by atoms with van der Waals surface area (Å²) in [6.07, 6.45) is 0. The van der Waals surface area contributed by atoms with Crippen molar-refractivity contribution in [2.45, 2.75) is 78.6 Å². The molecule has 0 N–H and O–H groups in total. The van der Waals surface area contributed by atoms with Crippen molar-refractivity contribution in [2.75, 3.05) is 9.80 Å². The Morgan fingerprint density at radius 1 is 0.286 bits per heavy atom. The van der Waals surface area contributed by atoms with E-state index in [1.54, 1.807) is 12.1 Å². The first-order chi connectivity index (χ1) is 40.0. The minimum Gasteiger partial charge on any atom is -0.307 e. The third kappa shape index (κ3) is 10.5. The quantitative estimate of drug-likeness (QED) is 0.0791. The monoisotopic (exact) mass is 1160 g/mol. The molecule has 0 fully saturated rings. The molecule has 0 aromatic heterocycles. The molecule has 418 valence electrons. The van der Waals surface area contributed by atoms with Gasteiger partial charge in [-0.15, -0.1) is 0 Å². The molecule has 0 atom stereocenters. The van der Waals surface area contributed by atoms with E-state index in [-0.39, 0.29) is 11.6 Å². The molecule has 8 heteroatoms. The number of hydrogen-bond donors (Lipinski definition) is 0. The highest BCUT2D eigenvalue weighted by Gasteiger charge is 2.31. The van der Waals surface area contributed by atoms with Gasteiger partial charge in [0, 0.05) is 33.3 Å². The molecule has 0 saturated heterocycles. The average Bonchev–Trinajstić information content (AvgIpc) is 1.02. The van der Waals surface area contributed by atoms with Crippen LogP contribution < -0.4 is 30.5 Å². The molecule has 0 aliphatic carbocycles. The zero-order valence-electron chi connectivity index (χ0n) is 50.6. The summed E-state index contributed by atoms with van der Waals surface area (Å²) in [5.74, 6) is -0.627. The van der Waals surface area contributed by atoms with Crippen molar-refractivity contribution in [3.63, 3.8) is 0 Å². The van der Waals surface area contributed by atoms with Gasteiger partial charge in [0.15, 0.2) is 0 Å². The number of anilines is 6. The number of nitrogens with zero attached hydrogens (tertiary/aromatic N) is 2. The number of hydrogen-bond acceptors (Lipinski definition) is 2. The SMILES string of the molecule is C[Si](C)(C)c1cccc(-c2ccc(F)c(N(c3ccccc3)c3ccc4ccc5c(N(c6ccccc6)c6c(F)ccc(-c7cccc([Si](C)(C)C)c7)c6-c6cccc([Si](C)(C)C)c6)ccc6ccc3c4c65)c2-c2cccc([Si](C)(C)C)c2)c1. The summed E-state index contributed by atoms with van der Waals surface area (Å²) in [7, 11) is -7.15. The summed E-state index contributed by atoms with van der Waals surface area (Å²) in [5, 5.41) is 11.5. The topological polar surface area (TPSA) is 6.48 Å². The first-order valence-electron chi connectivity index (χ1n) is 29.5. The molecule has 0 aliphatic heterocycles. The van der Waals surface area contributed by atoms with Crippen LogP contribution in [-0.4, -0.2) is 32.3 Å². The maximum Gasteiger partial charge on any atom is 0.147 e. The number of halogens is 2. The van der Waals surface area contributed by atoms with Gasteiger partial charge in [0.1, 0.15) is 11.6 Å². The Labute approximate surface area is 500 Å². The molecule has 0 radical (unpaired) electrons. The van der Waals surface area contributed by atoms with E-state index in [1.807, 2.05) is 48.5 Å². The van der Waals surface area contributed by atoms with Crippen LogP contribution in [0, 0.1) is 11.6 Å². The Balaban J connectivity index is 1.15. The van der Waals surface area contributed by atoms with E-state index < -0.39 is 32.3 Å². The van der Waals surface area contributed by atoms with Gasteiger partial charge in [-0.2, -0.15) is 0 Å². The van der Waals surface area contributed by atoms with E-state index in [0.29, 0.717) is 11.4 Å². The summed E-state index contributed by atoms with van der Waals surface area (Å²) < 4.78 is 36.3. The molecule has 0 spiro atoms. The van der Waals surface area contributed by atoms with Gasteiger partial charge in [-0.05, 0) is 103 Å². The van der Waals surface area contributed by atoms with Crippen molar-refractivity contribution in [2.24, 2.45) is 0 Å². The van der Waals surface area contributed by atoms with E-state index >= 15 is 8.78 Å². The molecule has 0 heterocycles. The van der Waals surface area contributed by atoms with Gasteiger partial charge in [0.2, 0.25) is 0 Å². The molecule has 2 nitrogen and oxygen atoms in total. The lowest BCUT2D eigenvalue weighted by Gasteiger charge is -2.32. The van der Waals surface area contributed by atoms with Crippen LogP contribution in [0.5, 0.6) is 0 Å². The zero-order valence-corrected chi connectivity index (χ0v) is 54.6. The molecule has 0 unspecified atom stereocenters. The van der Waals surface area contributed by atoms with Crippen LogP contribution in [0.2, 0.25) is 78.6 Å². The lowest BCUT2D eigenvalue weighted by molar-refractivity contribution is 0.629. The van der Waals surface area contributed by atoms with Crippen molar-refractivity contribution in [1.82, 2.24) is 0 Å². The third-order valence-electron chi connectivity index (χ3n) is 16.9. The molecule has 84 heavy (non-hydrogen) atoms. The first-order valence-corrected chi connectivity index (χ1v) is 43.5. The summed E-state index contributed by atoms with van der Waals surface area (Å²) in [6.45, 7) is 28.5. The van der Waals surface area contributed by atoms with Crippen LogP contribution >= 0.6 is 0 Å². The van der Waals surface area contributed by atoms with Crippen LogP contribution in [0.25, 0.3) is 76.8 Å². The third-order valence-corrected chi connectivity index (χ3v) is 25.1. The normalized spacial score (nSPS) is 12.4. The Hall–Kier alpha value is -7.99. The van der Waals surface area contributed by atoms with E-state index in [4.69, 9.17) is 0 Å². The maximum atomic E-state index is 18.1. The zero-order chi connectivity index (χ0) is 59.0. The van der Waals surface area contributed by atoms with Gasteiger partial charge in [-0.1, -0.05) is 281 Å². The number of rotatable bonds is 14. The fourth-order valence-corrected chi connectivity index (χ4v) is 17.1. The fourth-order valence-electron chi connectivity index (χ4n) is 12.3. The number of benzene rings is 12. The molecule has 0 aliphatic rings. The summed E-state index contributed by atoms with van der Waals surface area (Å²) >= 11 is 0. The van der Waals surface area contributed by atoms with Crippen LogP contribution in [0.4, 0.5) is 42.9 Å². The minimum absolute atomic E-state index is 0.313. The molecular formula is C76H74F2N2Si4. The van der Waals surface area contributed by atoms with Crippen molar-refractivity contribution in [3.8, 4) is 44.5 Å². The van der Waals surface area contributed by atoms with Crippen molar-refractivity contribution < 1.29 is 8.78 Å². The average molecular weight is 1170 g/mol. The molecular weight excluding hydrogens is 1090 g/mol. The standard InChI is InChI=1S/C76H74F2N2Si4/c1-81(2,3)59-31-19-23-53(47-59)63-41-43-67(77)75(73(63)55-25-21-33-61(49-55)83(7,8)9)79(57-27-15-13-16-28-57)69-45-37-51-36-40-66-70(46-38-52-35-39-65(69)71(51)72(52)66)80(58-29-17-14-18-30-58)76-68(78)44-42-64(54-24-20-32-60(48-54)82(4,5)6)74(76)56-26-22-34-62(50-56)84(10,11)12/h13-50H,1-12H3. The Morgan fingerprint density at radius 2 is 0.595 bits per heavy atom. The summed E-state index contributed by atoms with van der Waals surface area (Å²) in [6, 6.07) is 81.2. The number of para-hydroxylation sites is 2. The van der Waals surface area contributed by atoms with E-state index in [2.05, 4.69) is 258 Å². The highest BCUT2D eigenvalue weighted by atomic mass is 28.3. The van der Waals surface area contributed by atoms with Crippen LogP contribution in [0.1, 0.15) is 0 Å². The Bertz CT molecular complexity index is 4170. The fraction of sp³-hybridized carbons (Fsp3) is 0.158. The summed E-state index contributed by atoms with van der Waals surface area (Å²) in [4.78, 5) is 4.33. The Morgan fingerprint density at radius 3 is 0.929 bits per heavy atom. The molecule has 0 amide bonds. The van der Waals surface area contributed by atoms with E-state index in [9.17, 15) is 0 Å². The molecule has 12 rings (SSSR count).